The lowest BCUT2D eigenvalue weighted by Gasteiger charge is -2.28. The maximum atomic E-state index is 5.86. The molecule has 0 aromatic heterocycles. The van der Waals surface area contributed by atoms with E-state index in [1.54, 1.807) is 0 Å². The average molecular weight is 294 g/mol. The van der Waals surface area contributed by atoms with Crippen LogP contribution in [0, 0.1) is 0 Å². The van der Waals surface area contributed by atoms with E-state index in [0.29, 0.717) is 19.8 Å². The van der Waals surface area contributed by atoms with Crippen molar-refractivity contribution in [1.82, 2.24) is 0 Å². The van der Waals surface area contributed by atoms with Crippen molar-refractivity contribution in [3.05, 3.63) is 42.0 Å². The molecule has 0 fully saturated rings. The average Bonchev–Trinajstić information content (AvgIpc) is 2.44. The minimum Gasteiger partial charge on any atom is -0.417 e. The Balaban J connectivity index is 2.41. The Bertz CT molecular complexity index is 400. The fourth-order valence-corrected chi connectivity index (χ4v) is 3.37. The monoisotopic (exact) mass is 294 g/mol. The lowest BCUT2D eigenvalue weighted by atomic mass is 10.1. The van der Waals surface area contributed by atoms with E-state index in [9.17, 15) is 0 Å². The fraction of sp³-hybridized carbons (Fsp3) is 0.500. The number of ether oxygens (including phenoxy) is 2. The topological polar surface area (TPSA) is 27.7 Å². The van der Waals surface area contributed by atoms with Gasteiger partial charge in [-0.2, -0.15) is 0 Å². The zero-order chi connectivity index (χ0) is 14.8. The minimum absolute atomic E-state index is 0.512. The molecule has 0 heterocycles. The molecule has 3 nitrogen and oxygen atoms in total. The van der Waals surface area contributed by atoms with Crippen LogP contribution in [0.2, 0.25) is 0 Å². The van der Waals surface area contributed by atoms with Crippen molar-refractivity contribution in [3.8, 4) is 0 Å². The first kappa shape index (κ1) is 17.1. The van der Waals surface area contributed by atoms with Crippen molar-refractivity contribution in [1.29, 1.82) is 0 Å². The van der Waals surface area contributed by atoms with Crippen LogP contribution in [-0.2, 0) is 20.3 Å². The second kappa shape index (κ2) is 9.08. The van der Waals surface area contributed by atoms with E-state index in [-0.39, 0.29) is 0 Å². The molecule has 1 aromatic carbocycles. The summed E-state index contributed by atoms with van der Waals surface area (Å²) in [5, 5.41) is 0. The second-order valence-corrected chi connectivity index (χ2v) is 6.69. The van der Waals surface area contributed by atoms with E-state index in [0.717, 1.165) is 6.42 Å². The van der Waals surface area contributed by atoms with Gasteiger partial charge in [-0.3, -0.25) is 0 Å². The number of benzene rings is 1. The minimum atomic E-state index is -0.898. The van der Waals surface area contributed by atoms with Crippen LogP contribution >= 0.6 is 0 Å². The first-order chi connectivity index (χ1) is 9.65. The van der Waals surface area contributed by atoms with Crippen LogP contribution in [0.25, 0.3) is 6.08 Å². The normalized spacial score (nSPS) is 12.2. The van der Waals surface area contributed by atoms with E-state index in [1.807, 2.05) is 39.0 Å². The van der Waals surface area contributed by atoms with E-state index >= 15 is 0 Å². The maximum absolute atomic E-state index is 5.86. The smallest absolute Gasteiger partial charge is 0.227 e. The van der Waals surface area contributed by atoms with Crippen molar-refractivity contribution >= 4 is 15.8 Å². The summed E-state index contributed by atoms with van der Waals surface area (Å²) in [5.41, 5.74) is 1.93. The Kier molecular flexibility index (Phi) is 7.77. The summed E-state index contributed by atoms with van der Waals surface area (Å²) in [5.74, 6) is 0. The highest BCUT2D eigenvalue weighted by Gasteiger charge is 2.26. The summed E-state index contributed by atoms with van der Waals surface area (Å²) in [7, 11) is -0.898. The summed E-state index contributed by atoms with van der Waals surface area (Å²) >= 11 is 0. The van der Waals surface area contributed by atoms with Crippen molar-refractivity contribution in [3.63, 3.8) is 0 Å². The quantitative estimate of drug-likeness (QED) is 0.377. The Labute approximate surface area is 124 Å². The molecule has 4 heteroatoms. The Morgan fingerprint density at radius 2 is 1.85 bits per heavy atom. The third-order valence-electron chi connectivity index (χ3n) is 3.05. The SMILES string of the molecule is C=Cc1ccccc1CCO[SiH2]C(C)(OCC)OCC. The van der Waals surface area contributed by atoms with Gasteiger partial charge in [-0.25, -0.2) is 0 Å². The summed E-state index contributed by atoms with van der Waals surface area (Å²) < 4.78 is 17.2. The molecule has 0 radical (unpaired) electrons. The van der Waals surface area contributed by atoms with Crippen molar-refractivity contribution < 1.29 is 13.9 Å². The van der Waals surface area contributed by atoms with E-state index < -0.39 is 15.2 Å². The fourth-order valence-electron chi connectivity index (χ4n) is 2.14. The molecule has 1 rings (SSSR count). The number of rotatable bonds is 10. The van der Waals surface area contributed by atoms with Gasteiger partial charge in [-0.1, -0.05) is 36.9 Å². The van der Waals surface area contributed by atoms with Crippen molar-refractivity contribution in [2.24, 2.45) is 0 Å². The van der Waals surface area contributed by atoms with Crippen molar-refractivity contribution in [2.45, 2.75) is 32.6 Å². The van der Waals surface area contributed by atoms with Crippen LogP contribution in [-0.4, -0.2) is 35.0 Å². The first-order valence-electron chi connectivity index (χ1n) is 7.21. The highest BCUT2D eigenvalue weighted by Crippen LogP contribution is 2.13. The first-order valence-corrected chi connectivity index (χ1v) is 8.49. The Morgan fingerprint density at radius 1 is 1.20 bits per heavy atom. The largest absolute Gasteiger partial charge is 0.417 e. The molecule has 0 amide bonds. The third kappa shape index (κ3) is 5.59. The van der Waals surface area contributed by atoms with Crippen molar-refractivity contribution in [2.75, 3.05) is 19.8 Å². The number of hydrogen-bond acceptors (Lipinski definition) is 3. The number of hydrogen-bond donors (Lipinski definition) is 0. The zero-order valence-corrected chi connectivity index (χ0v) is 14.3. The van der Waals surface area contributed by atoms with Crippen LogP contribution in [0.3, 0.4) is 0 Å². The van der Waals surface area contributed by atoms with Gasteiger partial charge in [0, 0.05) is 19.8 Å². The molecule has 0 aliphatic heterocycles. The summed E-state index contributed by atoms with van der Waals surface area (Å²) in [6.45, 7) is 11.8. The highest BCUT2D eigenvalue weighted by molar-refractivity contribution is 6.30. The van der Waals surface area contributed by atoms with E-state index in [1.165, 1.54) is 11.1 Å². The molecule has 112 valence electrons. The van der Waals surface area contributed by atoms with Gasteiger partial charge in [0.1, 0.15) is 0 Å². The van der Waals surface area contributed by atoms with Gasteiger partial charge >= 0.3 is 0 Å². The summed E-state index contributed by atoms with van der Waals surface area (Å²) in [6, 6.07) is 8.26. The van der Waals surface area contributed by atoms with Gasteiger partial charge in [-0.15, -0.1) is 0 Å². The zero-order valence-electron chi connectivity index (χ0n) is 12.9. The molecule has 0 aliphatic rings. The van der Waals surface area contributed by atoms with Crippen LogP contribution in [0.5, 0.6) is 0 Å². The molecule has 20 heavy (non-hydrogen) atoms. The summed E-state index contributed by atoms with van der Waals surface area (Å²) in [4.78, 5) is 0. The molecule has 0 aliphatic carbocycles. The molecule has 0 saturated heterocycles. The van der Waals surface area contributed by atoms with Gasteiger partial charge < -0.3 is 13.9 Å². The van der Waals surface area contributed by atoms with Crippen LogP contribution < -0.4 is 0 Å². The van der Waals surface area contributed by atoms with E-state index in [4.69, 9.17) is 13.9 Å². The molecule has 0 spiro atoms. The molecule has 0 bridgehead atoms. The van der Waals surface area contributed by atoms with Crippen LogP contribution in [0.1, 0.15) is 31.9 Å². The third-order valence-corrected chi connectivity index (χ3v) is 4.48. The molecule has 0 atom stereocenters. The lowest BCUT2D eigenvalue weighted by molar-refractivity contribution is -0.169. The molecule has 0 unspecified atom stereocenters. The standard InChI is InChI=1S/C16H26O3Si/c1-5-14-10-8-9-11-15(14)12-13-19-20-16(4,17-6-2)18-7-3/h5,8-11H,1,6-7,12-13,20H2,2-4H3. The van der Waals surface area contributed by atoms with Crippen LogP contribution in [0.15, 0.2) is 30.8 Å². The van der Waals surface area contributed by atoms with Gasteiger partial charge in [0.2, 0.25) is 9.76 Å². The maximum Gasteiger partial charge on any atom is 0.227 e. The predicted molar refractivity (Wildman–Crippen MR) is 86.4 cm³/mol. The highest BCUT2D eigenvalue weighted by atomic mass is 28.2. The molecule has 1 aromatic rings. The van der Waals surface area contributed by atoms with Gasteiger partial charge in [-0.05, 0) is 38.3 Å². The molecule has 0 N–H and O–H groups in total. The van der Waals surface area contributed by atoms with Crippen LogP contribution in [0.4, 0.5) is 0 Å². The van der Waals surface area contributed by atoms with Gasteiger partial charge in [0.15, 0.2) is 5.41 Å². The van der Waals surface area contributed by atoms with Gasteiger partial charge in [0.25, 0.3) is 0 Å². The predicted octanol–water partition coefficient (Wildman–Crippen LogP) is 2.72. The Morgan fingerprint density at radius 3 is 2.45 bits per heavy atom. The second-order valence-electron chi connectivity index (χ2n) is 4.71. The van der Waals surface area contributed by atoms with E-state index in [2.05, 4.69) is 18.7 Å². The van der Waals surface area contributed by atoms with Gasteiger partial charge in [0.05, 0.1) is 0 Å². The lowest BCUT2D eigenvalue weighted by Crippen LogP contribution is -2.41. The Hall–Kier alpha value is -0.943. The molecular weight excluding hydrogens is 268 g/mol. The molecule has 0 saturated carbocycles. The summed E-state index contributed by atoms with van der Waals surface area (Å²) in [6.07, 6.45) is 2.78. The molecular formula is C16H26O3Si.